The van der Waals surface area contributed by atoms with Crippen molar-refractivity contribution in [3.8, 4) is 0 Å². The maximum atomic E-state index is 4.21. The second-order valence-corrected chi connectivity index (χ2v) is 4.61. The predicted octanol–water partition coefficient (Wildman–Crippen LogP) is 0.964. The third-order valence-corrected chi connectivity index (χ3v) is 3.09. The number of hydrogen-bond acceptors (Lipinski definition) is 4. The number of fused-ring (bicyclic) bond motifs is 1. The van der Waals surface area contributed by atoms with Gasteiger partial charge < -0.3 is 5.32 Å². The minimum atomic E-state index is 0.455. The first-order chi connectivity index (χ1) is 7.34. The lowest BCUT2D eigenvalue weighted by Gasteiger charge is -2.05. The van der Waals surface area contributed by atoms with Crippen molar-refractivity contribution in [2.24, 2.45) is 0 Å². The zero-order valence-corrected chi connectivity index (χ0v) is 9.61. The smallest absolute Gasteiger partial charge is 0.255 e. The maximum Gasteiger partial charge on any atom is 0.255 e. The van der Waals surface area contributed by atoms with E-state index in [1.54, 1.807) is 6.20 Å². The molecule has 0 aliphatic carbocycles. The molecule has 3 heterocycles. The van der Waals surface area contributed by atoms with Gasteiger partial charge in [0.1, 0.15) is 5.82 Å². The molecular weight excluding hydrogens is 258 g/mol. The number of hydrogen-bond donors (Lipinski definition) is 1. The second kappa shape index (κ2) is 3.53. The third-order valence-electron chi connectivity index (χ3n) is 2.69. The van der Waals surface area contributed by atoms with Gasteiger partial charge in [0.15, 0.2) is 0 Å². The van der Waals surface area contributed by atoms with Crippen molar-refractivity contribution in [1.29, 1.82) is 0 Å². The van der Waals surface area contributed by atoms with Crippen LogP contribution in [-0.2, 0) is 0 Å². The zero-order valence-electron chi connectivity index (χ0n) is 8.02. The summed E-state index contributed by atoms with van der Waals surface area (Å²) in [7, 11) is 0. The first-order valence-electron chi connectivity index (χ1n) is 4.91. The highest BCUT2D eigenvalue weighted by Gasteiger charge is 2.22. The van der Waals surface area contributed by atoms with Crippen LogP contribution in [0.25, 0.3) is 5.78 Å². The van der Waals surface area contributed by atoms with E-state index in [1.165, 1.54) is 0 Å². The Bertz CT molecular complexity index is 488. The van der Waals surface area contributed by atoms with Gasteiger partial charge in [-0.15, -0.1) is 10.2 Å². The van der Waals surface area contributed by atoms with Crippen molar-refractivity contribution in [3.63, 3.8) is 0 Å². The molecule has 3 rings (SSSR count). The van der Waals surface area contributed by atoms with E-state index < -0.39 is 0 Å². The fourth-order valence-corrected chi connectivity index (χ4v) is 2.24. The van der Waals surface area contributed by atoms with Gasteiger partial charge >= 0.3 is 0 Å². The van der Waals surface area contributed by atoms with Gasteiger partial charge in [-0.3, -0.25) is 4.40 Å². The summed E-state index contributed by atoms with van der Waals surface area (Å²) in [5.41, 5.74) is 0. The molecule has 0 bridgehead atoms. The van der Waals surface area contributed by atoms with Crippen LogP contribution < -0.4 is 5.32 Å². The molecule has 78 valence electrons. The molecule has 6 heteroatoms. The summed E-state index contributed by atoms with van der Waals surface area (Å²) in [4.78, 5) is 4.19. The van der Waals surface area contributed by atoms with Crippen molar-refractivity contribution in [2.45, 2.75) is 12.3 Å². The maximum absolute atomic E-state index is 4.21. The number of nitrogens with one attached hydrogen (secondary N) is 1. The van der Waals surface area contributed by atoms with E-state index in [0.29, 0.717) is 11.7 Å². The summed E-state index contributed by atoms with van der Waals surface area (Å²) >= 11 is 3.41. The molecule has 1 saturated heterocycles. The van der Waals surface area contributed by atoms with Crippen molar-refractivity contribution in [3.05, 3.63) is 22.7 Å². The highest BCUT2D eigenvalue weighted by Crippen LogP contribution is 2.21. The van der Waals surface area contributed by atoms with E-state index in [2.05, 4.69) is 36.4 Å². The average Bonchev–Trinajstić information content (AvgIpc) is 2.83. The van der Waals surface area contributed by atoms with Gasteiger partial charge in [-0.2, -0.15) is 0 Å². The Morgan fingerprint density at radius 3 is 3.20 bits per heavy atom. The van der Waals surface area contributed by atoms with Crippen LogP contribution in [0, 0.1) is 0 Å². The quantitative estimate of drug-likeness (QED) is 0.837. The van der Waals surface area contributed by atoms with Crippen LogP contribution in [0.4, 0.5) is 0 Å². The highest BCUT2D eigenvalue weighted by atomic mass is 79.9. The van der Waals surface area contributed by atoms with Gasteiger partial charge in [-0.1, -0.05) is 0 Å². The van der Waals surface area contributed by atoms with Crippen LogP contribution in [0.15, 0.2) is 16.9 Å². The molecule has 1 aliphatic rings. The topological polar surface area (TPSA) is 55.1 Å². The normalized spacial score (nSPS) is 21.3. The largest absolute Gasteiger partial charge is 0.316 e. The van der Waals surface area contributed by atoms with E-state index in [-0.39, 0.29) is 0 Å². The molecule has 0 aromatic carbocycles. The molecule has 2 aromatic heterocycles. The number of aromatic nitrogens is 4. The average molecular weight is 268 g/mol. The molecule has 0 spiro atoms. The Labute approximate surface area is 95.0 Å². The van der Waals surface area contributed by atoms with Gasteiger partial charge in [0, 0.05) is 24.9 Å². The summed E-state index contributed by atoms with van der Waals surface area (Å²) in [6.07, 6.45) is 4.82. The Morgan fingerprint density at radius 1 is 1.47 bits per heavy atom. The van der Waals surface area contributed by atoms with Crippen molar-refractivity contribution in [1.82, 2.24) is 24.9 Å². The first kappa shape index (κ1) is 9.23. The Hall–Kier alpha value is -1.01. The van der Waals surface area contributed by atoms with E-state index in [4.69, 9.17) is 0 Å². The fraction of sp³-hybridized carbons (Fsp3) is 0.444. The van der Waals surface area contributed by atoms with Gasteiger partial charge in [-0.05, 0) is 28.9 Å². The van der Waals surface area contributed by atoms with E-state index in [0.717, 1.165) is 29.8 Å². The Balaban J connectivity index is 2.13. The molecule has 1 fully saturated rings. The molecule has 1 unspecified atom stereocenters. The van der Waals surface area contributed by atoms with Gasteiger partial charge in [0.25, 0.3) is 5.78 Å². The summed E-state index contributed by atoms with van der Waals surface area (Å²) in [6.45, 7) is 2.04. The molecule has 5 nitrogen and oxygen atoms in total. The molecule has 0 saturated carbocycles. The number of rotatable bonds is 1. The van der Waals surface area contributed by atoms with Gasteiger partial charge in [0.05, 0.1) is 4.47 Å². The lowest BCUT2D eigenvalue weighted by Crippen LogP contribution is -2.10. The zero-order chi connectivity index (χ0) is 10.3. The van der Waals surface area contributed by atoms with Crippen molar-refractivity contribution < 1.29 is 0 Å². The summed E-state index contributed by atoms with van der Waals surface area (Å²) < 4.78 is 2.91. The predicted molar refractivity (Wildman–Crippen MR) is 58.7 cm³/mol. The summed E-state index contributed by atoms with van der Waals surface area (Å²) in [5, 5.41) is 11.6. The number of nitrogens with zero attached hydrogens (tertiary/aromatic N) is 4. The van der Waals surface area contributed by atoms with Crippen LogP contribution >= 0.6 is 15.9 Å². The van der Waals surface area contributed by atoms with Crippen molar-refractivity contribution >= 4 is 21.7 Å². The third kappa shape index (κ3) is 1.53. The molecule has 1 atom stereocenters. The van der Waals surface area contributed by atoms with Crippen LogP contribution in [-0.4, -0.2) is 32.7 Å². The lowest BCUT2D eigenvalue weighted by atomic mass is 10.1. The van der Waals surface area contributed by atoms with Gasteiger partial charge in [-0.25, -0.2) is 4.98 Å². The van der Waals surface area contributed by atoms with Crippen LogP contribution in [0.2, 0.25) is 0 Å². The van der Waals surface area contributed by atoms with E-state index >= 15 is 0 Å². The summed E-state index contributed by atoms with van der Waals surface area (Å²) in [6, 6.07) is 0. The Kier molecular flexibility index (Phi) is 2.17. The van der Waals surface area contributed by atoms with Crippen LogP contribution in [0.1, 0.15) is 18.2 Å². The molecule has 1 N–H and O–H groups in total. The molecule has 0 radical (unpaired) electrons. The highest BCUT2D eigenvalue weighted by molar-refractivity contribution is 9.10. The van der Waals surface area contributed by atoms with Crippen LogP contribution in [0.3, 0.4) is 0 Å². The SMILES string of the molecule is Brc1cnc2nnc(C3CCNC3)n2c1. The monoisotopic (exact) mass is 267 g/mol. The van der Waals surface area contributed by atoms with Crippen molar-refractivity contribution in [2.75, 3.05) is 13.1 Å². The van der Waals surface area contributed by atoms with E-state index in [9.17, 15) is 0 Å². The molecule has 1 aliphatic heterocycles. The molecule has 0 amide bonds. The second-order valence-electron chi connectivity index (χ2n) is 3.69. The Morgan fingerprint density at radius 2 is 2.40 bits per heavy atom. The van der Waals surface area contributed by atoms with Gasteiger partial charge in [0.2, 0.25) is 0 Å². The molecule has 2 aromatic rings. The molecular formula is C9H10BrN5. The fourth-order valence-electron chi connectivity index (χ4n) is 1.94. The summed E-state index contributed by atoms with van der Waals surface area (Å²) in [5.74, 6) is 2.12. The standard InChI is InChI=1S/C9H10BrN5/c10-7-4-12-9-14-13-8(15(9)5-7)6-1-2-11-3-6/h4-6,11H,1-3H2. The lowest BCUT2D eigenvalue weighted by molar-refractivity contribution is 0.690. The van der Waals surface area contributed by atoms with Crippen LogP contribution in [0.5, 0.6) is 0 Å². The number of halogens is 1. The minimum absolute atomic E-state index is 0.455. The van der Waals surface area contributed by atoms with E-state index in [1.807, 2.05) is 10.6 Å². The molecule has 15 heavy (non-hydrogen) atoms. The minimum Gasteiger partial charge on any atom is -0.316 e. The first-order valence-corrected chi connectivity index (χ1v) is 5.71.